The minimum absolute atomic E-state index is 0.111. The molecule has 0 saturated heterocycles. The maximum atomic E-state index is 3.99. The fraction of sp³-hybridized carbons (Fsp3) is 0.226. The van der Waals surface area contributed by atoms with Crippen molar-refractivity contribution in [2.45, 2.75) is 38.0 Å². The molecule has 0 radical (unpaired) electrons. The lowest BCUT2D eigenvalue weighted by Crippen LogP contribution is -2.39. The molecular weight excluding hydrogens is 400 g/mol. The van der Waals surface area contributed by atoms with Crippen molar-refractivity contribution in [1.82, 2.24) is 10.2 Å². The maximum absolute atomic E-state index is 3.99. The lowest BCUT2D eigenvalue weighted by atomic mass is 9.89. The van der Waals surface area contributed by atoms with Crippen molar-refractivity contribution in [1.29, 1.82) is 0 Å². The van der Waals surface area contributed by atoms with Gasteiger partial charge in [0.25, 0.3) is 0 Å². The fourth-order valence-electron chi connectivity index (χ4n) is 4.66. The molecule has 168 valence electrons. The molecule has 0 spiro atoms. The Kier molecular flexibility index (Phi) is 7.72. The fourth-order valence-corrected chi connectivity index (χ4v) is 4.66. The van der Waals surface area contributed by atoms with Gasteiger partial charge < -0.3 is 5.32 Å². The average molecular weight is 435 g/mol. The molecule has 0 amide bonds. The van der Waals surface area contributed by atoms with Crippen molar-refractivity contribution in [3.63, 3.8) is 0 Å². The Morgan fingerprint density at radius 3 is 1.39 bits per heavy atom. The van der Waals surface area contributed by atoms with Crippen molar-refractivity contribution >= 4 is 0 Å². The first-order valence-electron chi connectivity index (χ1n) is 11.8. The molecule has 0 unspecified atom stereocenters. The Balaban J connectivity index is 1.76. The van der Waals surface area contributed by atoms with Gasteiger partial charge in [0.05, 0.1) is 12.1 Å². The first-order valence-corrected chi connectivity index (χ1v) is 11.8. The third kappa shape index (κ3) is 5.60. The Morgan fingerprint density at radius 1 is 0.515 bits per heavy atom. The molecule has 0 saturated carbocycles. The van der Waals surface area contributed by atoms with E-state index >= 15 is 0 Å². The maximum Gasteiger partial charge on any atom is 0.0546 e. The smallest absolute Gasteiger partial charge is 0.0546 e. The van der Waals surface area contributed by atoms with Gasteiger partial charge in [-0.05, 0) is 43.1 Å². The lowest BCUT2D eigenvalue weighted by molar-refractivity contribution is 0.141. The van der Waals surface area contributed by atoms with Gasteiger partial charge >= 0.3 is 0 Å². The van der Waals surface area contributed by atoms with Crippen LogP contribution in [0.1, 0.15) is 60.3 Å². The molecule has 4 rings (SSSR count). The van der Waals surface area contributed by atoms with Gasteiger partial charge in [0.15, 0.2) is 0 Å². The highest BCUT2D eigenvalue weighted by molar-refractivity contribution is 5.30. The monoisotopic (exact) mass is 434 g/mol. The van der Waals surface area contributed by atoms with E-state index in [0.29, 0.717) is 0 Å². The number of nitrogens with zero attached hydrogens (tertiary/aromatic N) is 1. The Hall–Kier alpha value is -3.20. The van der Waals surface area contributed by atoms with Crippen molar-refractivity contribution in [3.8, 4) is 0 Å². The second kappa shape index (κ2) is 11.1. The van der Waals surface area contributed by atoms with Crippen molar-refractivity contribution in [2.75, 3.05) is 7.05 Å². The van der Waals surface area contributed by atoms with E-state index in [0.717, 1.165) is 0 Å². The van der Waals surface area contributed by atoms with Gasteiger partial charge in [-0.15, -0.1) is 0 Å². The molecular formula is C31H34N2. The highest BCUT2D eigenvalue weighted by atomic mass is 15.2. The van der Waals surface area contributed by atoms with Crippen LogP contribution in [0, 0.1) is 0 Å². The molecule has 0 aliphatic heterocycles. The summed E-state index contributed by atoms with van der Waals surface area (Å²) in [4.78, 5) is 2.51. The van der Waals surface area contributed by atoms with Gasteiger partial charge in [-0.2, -0.15) is 0 Å². The minimum atomic E-state index is 0.111. The zero-order chi connectivity index (χ0) is 23.0. The molecule has 0 aliphatic carbocycles. The van der Waals surface area contributed by atoms with Crippen LogP contribution in [0.2, 0.25) is 0 Å². The Labute approximate surface area is 198 Å². The number of likely N-dealkylation sites (N-methyl/N-ethyl adjacent to an activating group) is 1. The largest absolute Gasteiger partial charge is 0.302 e. The first kappa shape index (κ1) is 23.0. The second-order valence-corrected chi connectivity index (χ2v) is 8.80. The van der Waals surface area contributed by atoms with Crippen molar-refractivity contribution < 1.29 is 0 Å². The summed E-state index contributed by atoms with van der Waals surface area (Å²) in [5.74, 6) is 0. The lowest BCUT2D eigenvalue weighted by Gasteiger charge is -2.40. The number of hydrogen-bond acceptors (Lipinski definition) is 2. The van der Waals surface area contributed by atoms with Gasteiger partial charge in [0.2, 0.25) is 0 Å². The molecule has 4 aromatic carbocycles. The normalized spacial score (nSPS) is 15.0. The van der Waals surface area contributed by atoms with Crippen LogP contribution in [-0.4, -0.2) is 11.9 Å². The predicted molar refractivity (Wildman–Crippen MR) is 139 cm³/mol. The first-order chi connectivity index (χ1) is 16.1. The number of hydrogen-bond donors (Lipinski definition) is 1. The van der Waals surface area contributed by atoms with Crippen LogP contribution in [0.4, 0.5) is 0 Å². The number of nitrogens with one attached hydrogen (secondary N) is 1. The Bertz CT molecular complexity index is 1080. The van der Waals surface area contributed by atoms with Crippen LogP contribution < -0.4 is 5.32 Å². The molecule has 0 heterocycles. The van der Waals surface area contributed by atoms with Crippen LogP contribution >= 0.6 is 0 Å². The van der Waals surface area contributed by atoms with E-state index in [1.165, 1.54) is 22.3 Å². The van der Waals surface area contributed by atoms with E-state index in [1.54, 1.807) is 0 Å². The van der Waals surface area contributed by atoms with Crippen molar-refractivity contribution in [2.24, 2.45) is 0 Å². The van der Waals surface area contributed by atoms with E-state index < -0.39 is 0 Å². The van der Waals surface area contributed by atoms with Crippen LogP contribution in [0.25, 0.3) is 0 Å². The highest BCUT2D eigenvalue weighted by Gasteiger charge is 2.32. The molecule has 0 aromatic heterocycles. The summed E-state index contributed by atoms with van der Waals surface area (Å²) in [6.45, 7) is 4.56. The van der Waals surface area contributed by atoms with Crippen LogP contribution in [0.3, 0.4) is 0 Å². The summed E-state index contributed by atoms with van der Waals surface area (Å²) in [6, 6.07) is 44.0. The molecule has 2 heteroatoms. The van der Waals surface area contributed by atoms with Crippen molar-refractivity contribution in [3.05, 3.63) is 144 Å². The zero-order valence-electron chi connectivity index (χ0n) is 19.8. The summed E-state index contributed by atoms with van der Waals surface area (Å²) in [5.41, 5.74) is 5.22. The van der Waals surface area contributed by atoms with E-state index in [1.807, 2.05) is 0 Å². The highest BCUT2D eigenvalue weighted by Crippen LogP contribution is 2.39. The summed E-state index contributed by atoms with van der Waals surface area (Å²) in [5, 5.41) is 3.99. The predicted octanol–water partition coefficient (Wildman–Crippen LogP) is 7.51. The van der Waals surface area contributed by atoms with E-state index in [4.69, 9.17) is 0 Å². The quantitative estimate of drug-likeness (QED) is 0.293. The summed E-state index contributed by atoms with van der Waals surface area (Å²) in [7, 11) is 2.25. The van der Waals surface area contributed by atoms with Gasteiger partial charge in [-0.3, -0.25) is 4.90 Å². The van der Waals surface area contributed by atoms with Gasteiger partial charge in [0.1, 0.15) is 0 Å². The van der Waals surface area contributed by atoms with Crippen LogP contribution in [0.5, 0.6) is 0 Å². The van der Waals surface area contributed by atoms with Gasteiger partial charge in [0, 0.05) is 12.1 Å². The minimum Gasteiger partial charge on any atom is -0.302 e. The van der Waals surface area contributed by atoms with Crippen LogP contribution in [0.15, 0.2) is 121 Å². The summed E-state index contributed by atoms with van der Waals surface area (Å²) >= 11 is 0. The van der Waals surface area contributed by atoms with Crippen LogP contribution in [-0.2, 0) is 0 Å². The third-order valence-electron chi connectivity index (χ3n) is 6.68. The molecule has 33 heavy (non-hydrogen) atoms. The third-order valence-corrected chi connectivity index (χ3v) is 6.68. The SMILES string of the molecule is C[C@H](c1ccccc1)N(C)[C@@H](c1ccccc1)[C@@H](N[C@H](C)c1ccccc1)c1ccccc1. The second-order valence-electron chi connectivity index (χ2n) is 8.80. The van der Waals surface area contributed by atoms with Gasteiger partial charge in [-0.25, -0.2) is 0 Å². The number of rotatable bonds is 9. The standard InChI is InChI=1S/C31H34N2/c1-24(26-16-8-4-9-17-26)32-30(28-20-12-6-13-21-28)31(29-22-14-7-15-23-29)33(3)25(2)27-18-10-5-11-19-27/h4-25,30-32H,1-3H3/t24-,25-,30+,31+/m1/s1. The topological polar surface area (TPSA) is 15.3 Å². The van der Waals surface area contributed by atoms with Gasteiger partial charge in [-0.1, -0.05) is 121 Å². The van der Waals surface area contributed by atoms with E-state index in [2.05, 4.69) is 152 Å². The zero-order valence-corrected chi connectivity index (χ0v) is 19.8. The Morgan fingerprint density at radius 2 is 0.909 bits per heavy atom. The number of benzene rings is 4. The molecule has 4 aromatic rings. The van der Waals surface area contributed by atoms with E-state index in [9.17, 15) is 0 Å². The van der Waals surface area contributed by atoms with E-state index in [-0.39, 0.29) is 24.2 Å². The molecule has 0 aliphatic rings. The summed E-state index contributed by atoms with van der Waals surface area (Å²) in [6.07, 6.45) is 0. The molecule has 0 bridgehead atoms. The molecule has 0 fully saturated rings. The average Bonchev–Trinajstić information content (AvgIpc) is 2.90. The summed E-state index contributed by atoms with van der Waals surface area (Å²) < 4.78 is 0. The molecule has 2 nitrogen and oxygen atoms in total. The molecule has 4 atom stereocenters. The molecule has 1 N–H and O–H groups in total.